The van der Waals surface area contributed by atoms with Gasteiger partial charge in [-0.05, 0) is 18.2 Å². The van der Waals surface area contributed by atoms with Gasteiger partial charge in [0.25, 0.3) is 0 Å². The van der Waals surface area contributed by atoms with Crippen molar-refractivity contribution in [3.05, 3.63) is 46.3 Å². The summed E-state index contributed by atoms with van der Waals surface area (Å²) in [6.45, 7) is 0. The van der Waals surface area contributed by atoms with Gasteiger partial charge in [0.15, 0.2) is 5.43 Å². The summed E-state index contributed by atoms with van der Waals surface area (Å²) in [5.74, 6) is 2.48. The van der Waals surface area contributed by atoms with Gasteiger partial charge in [0.2, 0.25) is 0 Å². The summed E-state index contributed by atoms with van der Waals surface area (Å²) >= 11 is 0. The number of hydrogen-bond acceptors (Lipinski definition) is 2. The topological polar surface area (TPSA) is 30.2 Å². The van der Waals surface area contributed by atoms with Crippen molar-refractivity contribution in [1.29, 1.82) is 0 Å². The van der Waals surface area contributed by atoms with Gasteiger partial charge in [-0.3, -0.25) is 4.79 Å². The summed E-state index contributed by atoms with van der Waals surface area (Å²) < 4.78 is 5.14. The van der Waals surface area contributed by atoms with E-state index >= 15 is 0 Å². The Morgan fingerprint density at radius 3 is 2.92 bits per heavy atom. The SMILES string of the molecule is C#Cc1ccc2c(=O)ccoc2c1. The van der Waals surface area contributed by atoms with E-state index in [0.717, 1.165) is 0 Å². The second-order valence-electron chi connectivity index (χ2n) is 2.64. The van der Waals surface area contributed by atoms with Crippen LogP contribution in [-0.2, 0) is 0 Å². The maximum Gasteiger partial charge on any atom is 0.192 e. The lowest BCUT2D eigenvalue weighted by molar-refractivity contribution is 0.602. The molecule has 0 aliphatic heterocycles. The first kappa shape index (κ1) is 7.63. The van der Waals surface area contributed by atoms with Crippen LogP contribution >= 0.6 is 0 Å². The third-order valence-corrected chi connectivity index (χ3v) is 1.83. The maximum atomic E-state index is 11.3. The molecular formula is C11H6O2. The number of benzene rings is 1. The summed E-state index contributed by atoms with van der Waals surface area (Å²) in [7, 11) is 0. The summed E-state index contributed by atoms with van der Waals surface area (Å²) in [4.78, 5) is 11.3. The summed E-state index contributed by atoms with van der Waals surface area (Å²) in [6, 6.07) is 6.46. The Morgan fingerprint density at radius 2 is 2.15 bits per heavy atom. The van der Waals surface area contributed by atoms with Crippen molar-refractivity contribution in [2.24, 2.45) is 0 Å². The van der Waals surface area contributed by atoms with Gasteiger partial charge in [-0.2, -0.15) is 0 Å². The Hall–Kier alpha value is -2.01. The van der Waals surface area contributed by atoms with Crippen LogP contribution in [0.1, 0.15) is 5.56 Å². The lowest BCUT2D eigenvalue weighted by atomic mass is 10.1. The van der Waals surface area contributed by atoms with E-state index < -0.39 is 0 Å². The van der Waals surface area contributed by atoms with Crippen LogP contribution in [0, 0.1) is 12.3 Å². The molecule has 2 rings (SSSR count). The first-order valence-corrected chi connectivity index (χ1v) is 3.79. The van der Waals surface area contributed by atoms with Crippen LogP contribution in [0.5, 0.6) is 0 Å². The fraction of sp³-hybridized carbons (Fsp3) is 0. The summed E-state index contributed by atoms with van der Waals surface area (Å²) in [6.07, 6.45) is 6.58. The first-order valence-electron chi connectivity index (χ1n) is 3.79. The van der Waals surface area contributed by atoms with Crippen LogP contribution < -0.4 is 5.43 Å². The minimum atomic E-state index is -0.0511. The highest BCUT2D eigenvalue weighted by atomic mass is 16.3. The van der Waals surface area contributed by atoms with Gasteiger partial charge >= 0.3 is 0 Å². The van der Waals surface area contributed by atoms with Crippen LogP contribution in [0.2, 0.25) is 0 Å². The van der Waals surface area contributed by atoms with Crippen molar-refractivity contribution in [2.75, 3.05) is 0 Å². The maximum absolute atomic E-state index is 11.3. The zero-order chi connectivity index (χ0) is 9.26. The molecule has 13 heavy (non-hydrogen) atoms. The molecule has 0 spiro atoms. The molecular weight excluding hydrogens is 164 g/mol. The Kier molecular flexibility index (Phi) is 1.64. The molecule has 2 aromatic rings. The molecule has 0 radical (unpaired) electrons. The van der Waals surface area contributed by atoms with E-state index in [1.165, 1.54) is 12.3 Å². The smallest absolute Gasteiger partial charge is 0.192 e. The largest absolute Gasteiger partial charge is 0.464 e. The van der Waals surface area contributed by atoms with Crippen LogP contribution in [0.25, 0.3) is 11.0 Å². The monoisotopic (exact) mass is 170 g/mol. The normalized spacial score (nSPS) is 9.77. The van der Waals surface area contributed by atoms with E-state index in [-0.39, 0.29) is 5.43 Å². The number of hydrogen-bond donors (Lipinski definition) is 0. The van der Waals surface area contributed by atoms with E-state index in [9.17, 15) is 4.79 Å². The lowest BCUT2D eigenvalue weighted by Gasteiger charge is -1.95. The highest BCUT2D eigenvalue weighted by molar-refractivity contribution is 5.77. The molecule has 0 unspecified atom stereocenters. The Bertz CT molecular complexity index is 544. The van der Waals surface area contributed by atoms with E-state index in [1.807, 2.05) is 0 Å². The molecule has 0 amide bonds. The molecule has 2 heteroatoms. The fourth-order valence-electron chi connectivity index (χ4n) is 1.17. The molecule has 1 aromatic carbocycles. The quantitative estimate of drug-likeness (QED) is 0.564. The fourth-order valence-corrected chi connectivity index (χ4v) is 1.17. The molecule has 62 valence electrons. The summed E-state index contributed by atoms with van der Waals surface area (Å²) in [5.41, 5.74) is 1.19. The number of terminal acetylenes is 1. The average Bonchev–Trinajstić information content (AvgIpc) is 2.18. The molecule has 1 heterocycles. The van der Waals surface area contributed by atoms with Gasteiger partial charge < -0.3 is 4.42 Å². The lowest BCUT2D eigenvalue weighted by Crippen LogP contribution is -1.97. The second kappa shape index (κ2) is 2.80. The third kappa shape index (κ3) is 1.21. The van der Waals surface area contributed by atoms with E-state index in [2.05, 4.69) is 5.92 Å². The van der Waals surface area contributed by atoms with Gasteiger partial charge in [-0.1, -0.05) is 5.92 Å². The second-order valence-corrected chi connectivity index (χ2v) is 2.64. The van der Waals surface area contributed by atoms with Gasteiger partial charge in [0.05, 0.1) is 11.6 Å². The molecule has 1 aromatic heterocycles. The van der Waals surface area contributed by atoms with Crippen molar-refractivity contribution >= 4 is 11.0 Å². The van der Waals surface area contributed by atoms with Crippen molar-refractivity contribution in [3.63, 3.8) is 0 Å². The third-order valence-electron chi connectivity index (χ3n) is 1.83. The molecule has 2 nitrogen and oxygen atoms in total. The van der Waals surface area contributed by atoms with Crippen molar-refractivity contribution in [1.82, 2.24) is 0 Å². The van der Waals surface area contributed by atoms with Gasteiger partial charge in [0.1, 0.15) is 5.58 Å². The highest BCUT2D eigenvalue weighted by Gasteiger charge is 1.99. The van der Waals surface area contributed by atoms with Crippen LogP contribution in [0.4, 0.5) is 0 Å². The van der Waals surface area contributed by atoms with Crippen molar-refractivity contribution in [3.8, 4) is 12.3 Å². The minimum absolute atomic E-state index is 0.0511. The Balaban J connectivity index is 2.90. The predicted molar refractivity (Wildman–Crippen MR) is 50.4 cm³/mol. The highest BCUT2D eigenvalue weighted by Crippen LogP contribution is 2.11. The zero-order valence-electron chi connectivity index (χ0n) is 6.78. The van der Waals surface area contributed by atoms with E-state index in [4.69, 9.17) is 10.8 Å². The van der Waals surface area contributed by atoms with E-state index in [1.54, 1.807) is 18.2 Å². The van der Waals surface area contributed by atoms with Crippen LogP contribution in [0.15, 0.2) is 39.7 Å². The first-order chi connectivity index (χ1) is 6.31. The van der Waals surface area contributed by atoms with Gasteiger partial charge in [-0.25, -0.2) is 0 Å². The zero-order valence-corrected chi connectivity index (χ0v) is 6.78. The van der Waals surface area contributed by atoms with E-state index in [0.29, 0.717) is 16.5 Å². The molecule has 0 saturated carbocycles. The number of rotatable bonds is 0. The standard InChI is InChI=1S/C11H6O2/c1-2-8-3-4-9-10(12)5-6-13-11(9)7-8/h1,3-7H. The van der Waals surface area contributed by atoms with Crippen LogP contribution in [0.3, 0.4) is 0 Å². The Morgan fingerprint density at radius 1 is 1.31 bits per heavy atom. The Labute approximate surface area is 74.8 Å². The molecule has 0 bridgehead atoms. The molecule has 0 fully saturated rings. The van der Waals surface area contributed by atoms with Crippen molar-refractivity contribution < 1.29 is 4.42 Å². The summed E-state index contributed by atoms with van der Waals surface area (Å²) in [5, 5.41) is 0.557. The molecule has 0 aliphatic rings. The molecule has 0 N–H and O–H groups in total. The molecule has 0 atom stereocenters. The predicted octanol–water partition coefficient (Wildman–Crippen LogP) is 1.77. The van der Waals surface area contributed by atoms with Gasteiger partial charge in [-0.15, -0.1) is 6.42 Å². The minimum Gasteiger partial charge on any atom is -0.464 e. The molecule has 0 saturated heterocycles. The van der Waals surface area contributed by atoms with Crippen molar-refractivity contribution in [2.45, 2.75) is 0 Å². The number of fused-ring (bicyclic) bond motifs is 1. The van der Waals surface area contributed by atoms with Crippen LogP contribution in [-0.4, -0.2) is 0 Å². The molecule has 0 aliphatic carbocycles. The average molecular weight is 170 g/mol. The van der Waals surface area contributed by atoms with Gasteiger partial charge in [0, 0.05) is 11.6 Å².